The highest BCUT2D eigenvalue weighted by atomic mass is 19.1. The minimum absolute atomic E-state index is 0.00231. The number of rotatable bonds is 12. The molecule has 71 heavy (non-hydrogen) atoms. The van der Waals surface area contributed by atoms with Crippen LogP contribution in [-0.4, -0.2) is 129 Å². The van der Waals surface area contributed by atoms with Gasteiger partial charge in [-0.1, -0.05) is 39.8 Å². The first kappa shape index (κ1) is 49.4. The summed E-state index contributed by atoms with van der Waals surface area (Å²) in [6.07, 6.45) is -0.915. The second-order valence-electron chi connectivity index (χ2n) is 20.2. The van der Waals surface area contributed by atoms with Crippen molar-refractivity contribution in [1.29, 1.82) is 0 Å². The molecule has 4 N–H and O–H groups in total. The van der Waals surface area contributed by atoms with Gasteiger partial charge in [0, 0.05) is 38.7 Å². The number of carbonyl (C=O) groups excluding carboxylic acids is 3. The first-order valence-corrected chi connectivity index (χ1v) is 24.6. The van der Waals surface area contributed by atoms with Crippen LogP contribution in [0.3, 0.4) is 0 Å². The number of fused-ring (bicyclic) bond motifs is 2. The Balaban J connectivity index is 1.05. The molecule has 5 aromatic rings. The summed E-state index contributed by atoms with van der Waals surface area (Å²) in [4.78, 5) is 75.9. The number of hydrogen-bond donors (Lipinski definition) is 4. The SMILES string of the molecule is COC(=O)N[C@H](C(=O)N1C[C@H](F)C[C@H]1c1nc2cc([C@H]3CC[C@H](c4ccc5[nH]c([C@@H]6C[C@@H](F)CN6C(=O)[C@H](C(C)C)N(C)C(=O)O)nc5c4)N3c3cc(F)c(N4CCCCC4)c(F)c3)ccc2[nH]1)C(C)C. The van der Waals surface area contributed by atoms with Gasteiger partial charge in [0.15, 0.2) is 11.6 Å². The number of H-pyrrole nitrogens is 2. The number of likely N-dealkylation sites (N-methyl/N-ethyl adjacent to an activating group) is 1. The summed E-state index contributed by atoms with van der Waals surface area (Å²) in [5.74, 6) is -2.23. The van der Waals surface area contributed by atoms with Crippen molar-refractivity contribution < 1.29 is 46.6 Å². The van der Waals surface area contributed by atoms with Gasteiger partial charge in [-0.15, -0.1) is 0 Å². The number of nitrogens with one attached hydrogen (secondary N) is 3. The molecule has 2 aromatic heterocycles. The molecule has 4 saturated heterocycles. The number of hydrogen-bond acceptors (Lipinski definition) is 9. The van der Waals surface area contributed by atoms with Crippen molar-refractivity contribution in [3.05, 3.63) is 82.9 Å². The number of nitrogens with zero attached hydrogens (tertiary/aromatic N) is 7. The van der Waals surface area contributed by atoms with Gasteiger partial charge in [0.1, 0.15) is 41.8 Å². The molecule has 4 aliphatic heterocycles. The Morgan fingerprint density at radius 2 is 1.25 bits per heavy atom. The van der Waals surface area contributed by atoms with Crippen molar-refractivity contribution in [2.45, 2.75) is 121 Å². The predicted octanol–water partition coefficient (Wildman–Crippen LogP) is 9.03. The van der Waals surface area contributed by atoms with E-state index < -0.39 is 84.2 Å². The number of methoxy groups -OCH3 is 1. The molecule has 380 valence electrons. The van der Waals surface area contributed by atoms with E-state index in [4.69, 9.17) is 14.7 Å². The van der Waals surface area contributed by atoms with Crippen molar-refractivity contribution in [3.63, 3.8) is 0 Å². The number of carbonyl (C=O) groups is 4. The first-order valence-electron chi connectivity index (χ1n) is 24.6. The van der Waals surface area contributed by atoms with E-state index in [9.17, 15) is 24.3 Å². The number of alkyl halides is 2. The Hall–Kier alpha value is -6.60. The maximum Gasteiger partial charge on any atom is 0.407 e. The van der Waals surface area contributed by atoms with Gasteiger partial charge < -0.3 is 44.7 Å². The molecule has 8 atom stereocenters. The predicted molar refractivity (Wildman–Crippen MR) is 258 cm³/mol. The summed E-state index contributed by atoms with van der Waals surface area (Å²) in [5.41, 5.74) is 4.28. The van der Waals surface area contributed by atoms with Crippen molar-refractivity contribution in [1.82, 2.24) is 40.0 Å². The zero-order valence-corrected chi connectivity index (χ0v) is 40.8. The van der Waals surface area contributed by atoms with E-state index >= 15 is 17.6 Å². The molecule has 16 nitrogen and oxygen atoms in total. The molecule has 9 rings (SSSR count). The zero-order chi connectivity index (χ0) is 50.6. The van der Waals surface area contributed by atoms with Gasteiger partial charge in [0.25, 0.3) is 0 Å². The fraction of sp³-hybridized carbons (Fsp3) is 0.529. The van der Waals surface area contributed by atoms with Gasteiger partial charge in [-0.2, -0.15) is 0 Å². The number of alkyl carbamates (subject to hydrolysis) is 1. The summed E-state index contributed by atoms with van der Waals surface area (Å²) >= 11 is 0. The highest BCUT2D eigenvalue weighted by molar-refractivity contribution is 5.87. The lowest BCUT2D eigenvalue weighted by atomic mass is 10.0. The van der Waals surface area contributed by atoms with E-state index in [1.54, 1.807) is 32.6 Å². The third kappa shape index (κ3) is 9.53. The number of imidazole rings is 2. The quantitative estimate of drug-likeness (QED) is 0.0881. The molecule has 0 spiro atoms. The Morgan fingerprint density at radius 3 is 1.72 bits per heavy atom. The molecule has 4 aliphatic rings. The van der Waals surface area contributed by atoms with E-state index in [-0.39, 0.29) is 43.5 Å². The van der Waals surface area contributed by atoms with Gasteiger partial charge in [0.05, 0.1) is 66.4 Å². The third-order valence-electron chi connectivity index (χ3n) is 14.9. The van der Waals surface area contributed by atoms with E-state index in [0.29, 0.717) is 65.3 Å². The number of likely N-dealkylation sites (tertiary alicyclic amines) is 2. The summed E-state index contributed by atoms with van der Waals surface area (Å²) < 4.78 is 68.0. The molecule has 6 heterocycles. The second-order valence-corrected chi connectivity index (χ2v) is 20.2. The monoisotopic (exact) mass is 986 g/mol. The minimum atomic E-state index is -1.35. The molecule has 20 heteroatoms. The molecule has 0 unspecified atom stereocenters. The molecular weight excluding hydrogens is 925 g/mol. The standard InChI is InChI=1S/C51H62F4N10O6/c1-26(2)43(60-50(68)71-6)48(66)63-24-30(52)20-41(63)46-56-35-12-10-28(18-37(35)58-46)39-14-15-40(65(39)32-22-33(54)45(34(55)23-32)62-16-8-7-9-17-62)29-11-13-36-38(19-29)59-47(57-36)42-21-31(53)25-64(42)49(67)44(27(3)4)61(5)51(69)70/h10-13,18-19,22-23,26-27,30-31,39-44H,7-9,14-17,20-21,24-25H2,1-6H3,(H,56,58)(H,57,59)(H,60,68)(H,69,70)/t30-,31-,39-,40-,41+,42+,43+,44+/m1/s1. The lowest BCUT2D eigenvalue weighted by Crippen LogP contribution is -2.51. The number of aromatic amines is 2. The van der Waals surface area contributed by atoms with Crippen LogP contribution < -0.4 is 15.1 Å². The molecule has 0 saturated carbocycles. The van der Waals surface area contributed by atoms with Crippen LogP contribution in [0.1, 0.15) is 120 Å². The van der Waals surface area contributed by atoms with Gasteiger partial charge in [0.2, 0.25) is 11.8 Å². The topological polar surface area (TPSA) is 183 Å². The molecule has 4 fully saturated rings. The van der Waals surface area contributed by atoms with Crippen LogP contribution in [-0.2, 0) is 14.3 Å². The molecule has 4 amide bonds. The van der Waals surface area contributed by atoms with Crippen LogP contribution in [0.2, 0.25) is 0 Å². The molecule has 0 bridgehead atoms. The lowest BCUT2D eigenvalue weighted by Gasteiger charge is -2.35. The Labute approximate surface area is 409 Å². The number of anilines is 2. The van der Waals surface area contributed by atoms with E-state index in [2.05, 4.69) is 15.3 Å². The van der Waals surface area contributed by atoms with Crippen LogP contribution in [0.4, 0.5) is 38.5 Å². The molecule has 0 radical (unpaired) electrons. The number of ether oxygens (including phenoxy) is 1. The molecule has 3 aromatic carbocycles. The number of benzene rings is 3. The molecular formula is C51H62F4N10O6. The third-order valence-corrected chi connectivity index (χ3v) is 14.9. The second kappa shape index (κ2) is 19.9. The number of amides is 4. The van der Waals surface area contributed by atoms with Gasteiger partial charge >= 0.3 is 12.2 Å². The van der Waals surface area contributed by atoms with Crippen molar-refractivity contribution in [2.75, 3.05) is 50.1 Å². The fourth-order valence-electron chi connectivity index (χ4n) is 11.4. The normalized spacial score (nSPS) is 23.6. The number of piperidine rings is 1. The zero-order valence-electron chi connectivity index (χ0n) is 40.8. The average molecular weight is 987 g/mol. The summed E-state index contributed by atoms with van der Waals surface area (Å²) in [6.45, 7) is 7.77. The average Bonchev–Trinajstić information content (AvgIpc) is 4.19. The Kier molecular flexibility index (Phi) is 13.8. The number of halogens is 4. The van der Waals surface area contributed by atoms with E-state index in [1.165, 1.54) is 36.1 Å². The maximum atomic E-state index is 16.4. The van der Waals surface area contributed by atoms with E-state index in [0.717, 1.165) is 35.3 Å². The van der Waals surface area contributed by atoms with Gasteiger partial charge in [-0.25, -0.2) is 37.1 Å². The Bertz CT molecular complexity index is 2790. The molecule has 0 aliphatic carbocycles. The van der Waals surface area contributed by atoms with Crippen LogP contribution >= 0.6 is 0 Å². The van der Waals surface area contributed by atoms with E-state index in [1.807, 2.05) is 41.3 Å². The first-order chi connectivity index (χ1) is 33.9. The van der Waals surface area contributed by atoms with Gasteiger partial charge in [-0.05, 0) is 91.5 Å². The van der Waals surface area contributed by atoms with Crippen molar-refractivity contribution in [2.24, 2.45) is 11.8 Å². The number of carboxylic acid groups (broad SMARTS) is 1. The number of aromatic nitrogens is 4. The van der Waals surface area contributed by atoms with Crippen molar-refractivity contribution in [3.8, 4) is 0 Å². The van der Waals surface area contributed by atoms with Crippen LogP contribution in [0, 0.1) is 23.5 Å². The highest BCUT2D eigenvalue weighted by Crippen LogP contribution is 2.49. The maximum absolute atomic E-state index is 16.4. The summed E-state index contributed by atoms with van der Waals surface area (Å²) in [6, 6.07) is 9.85. The summed E-state index contributed by atoms with van der Waals surface area (Å²) in [7, 11) is 2.53. The van der Waals surface area contributed by atoms with Gasteiger partial charge in [-0.3, -0.25) is 14.5 Å². The van der Waals surface area contributed by atoms with Crippen LogP contribution in [0.25, 0.3) is 22.1 Å². The largest absolute Gasteiger partial charge is 0.465 e. The summed E-state index contributed by atoms with van der Waals surface area (Å²) in [5, 5.41) is 12.3. The highest BCUT2D eigenvalue weighted by Gasteiger charge is 2.45. The lowest BCUT2D eigenvalue weighted by molar-refractivity contribution is -0.139. The fourth-order valence-corrected chi connectivity index (χ4v) is 11.4. The smallest absolute Gasteiger partial charge is 0.407 e. The Morgan fingerprint density at radius 1 is 0.746 bits per heavy atom. The van der Waals surface area contributed by atoms with Crippen LogP contribution in [0.5, 0.6) is 0 Å². The minimum Gasteiger partial charge on any atom is -0.465 e. The van der Waals surface area contributed by atoms with Crippen molar-refractivity contribution >= 4 is 57.4 Å². The van der Waals surface area contributed by atoms with Crippen LogP contribution in [0.15, 0.2) is 48.5 Å².